The molecule has 0 aliphatic rings. The van der Waals surface area contributed by atoms with Gasteiger partial charge in [-0.2, -0.15) is 0 Å². The number of pyridine rings is 1. The predicted molar refractivity (Wildman–Crippen MR) is 62.6 cm³/mol. The SMILES string of the molecule is CC(C)[C@@](C)(NC(=O)c1cccnc1)C(=O)O. The third kappa shape index (κ3) is 2.81. The highest BCUT2D eigenvalue weighted by Crippen LogP contribution is 2.17. The molecule has 1 aromatic rings. The van der Waals surface area contributed by atoms with E-state index in [0.29, 0.717) is 5.56 Å². The lowest BCUT2D eigenvalue weighted by Crippen LogP contribution is -2.55. The van der Waals surface area contributed by atoms with E-state index in [0.717, 1.165) is 0 Å². The van der Waals surface area contributed by atoms with Crippen LogP contribution in [-0.4, -0.2) is 27.5 Å². The Bertz CT molecular complexity index is 417. The lowest BCUT2D eigenvalue weighted by Gasteiger charge is -2.30. The van der Waals surface area contributed by atoms with Crippen molar-refractivity contribution in [3.05, 3.63) is 30.1 Å². The van der Waals surface area contributed by atoms with Gasteiger partial charge in [-0.3, -0.25) is 9.78 Å². The number of aliphatic carboxylic acids is 1. The fourth-order valence-electron chi connectivity index (χ4n) is 1.25. The molecule has 1 rings (SSSR count). The molecular formula is C12H16N2O3. The van der Waals surface area contributed by atoms with Crippen LogP contribution in [0.25, 0.3) is 0 Å². The predicted octanol–water partition coefficient (Wildman–Crippen LogP) is 1.31. The summed E-state index contributed by atoms with van der Waals surface area (Å²) in [5.74, 6) is -1.71. The van der Waals surface area contributed by atoms with E-state index < -0.39 is 17.4 Å². The first kappa shape index (κ1) is 13.2. The van der Waals surface area contributed by atoms with Crippen LogP contribution in [-0.2, 0) is 4.79 Å². The number of nitrogens with zero attached hydrogens (tertiary/aromatic N) is 1. The second-order valence-corrected chi connectivity index (χ2v) is 4.36. The van der Waals surface area contributed by atoms with Crippen LogP contribution in [0.1, 0.15) is 31.1 Å². The number of carbonyl (C=O) groups excluding carboxylic acids is 1. The van der Waals surface area contributed by atoms with Crippen molar-refractivity contribution in [2.45, 2.75) is 26.3 Å². The molecule has 0 aliphatic carbocycles. The molecule has 0 radical (unpaired) electrons. The van der Waals surface area contributed by atoms with Crippen LogP contribution < -0.4 is 5.32 Å². The van der Waals surface area contributed by atoms with Gasteiger partial charge in [0.15, 0.2) is 0 Å². The van der Waals surface area contributed by atoms with E-state index >= 15 is 0 Å². The molecule has 0 bridgehead atoms. The van der Waals surface area contributed by atoms with Crippen LogP contribution in [0.2, 0.25) is 0 Å². The van der Waals surface area contributed by atoms with Gasteiger partial charge >= 0.3 is 5.97 Å². The van der Waals surface area contributed by atoms with Gasteiger partial charge in [-0.05, 0) is 25.0 Å². The van der Waals surface area contributed by atoms with E-state index in [9.17, 15) is 9.59 Å². The van der Waals surface area contributed by atoms with Crippen molar-refractivity contribution in [2.75, 3.05) is 0 Å². The quantitative estimate of drug-likeness (QED) is 0.826. The molecular weight excluding hydrogens is 220 g/mol. The van der Waals surface area contributed by atoms with Crippen molar-refractivity contribution >= 4 is 11.9 Å². The number of carboxylic acids is 1. The monoisotopic (exact) mass is 236 g/mol. The van der Waals surface area contributed by atoms with E-state index in [4.69, 9.17) is 5.11 Å². The van der Waals surface area contributed by atoms with Gasteiger partial charge in [-0.1, -0.05) is 13.8 Å². The molecule has 0 fully saturated rings. The lowest BCUT2D eigenvalue weighted by atomic mass is 9.88. The number of hydrogen-bond acceptors (Lipinski definition) is 3. The minimum atomic E-state index is -1.28. The summed E-state index contributed by atoms with van der Waals surface area (Å²) in [6.45, 7) is 4.99. The molecule has 17 heavy (non-hydrogen) atoms. The molecule has 5 nitrogen and oxygen atoms in total. The summed E-state index contributed by atoms with van der Waals surface area (Å²) >= 11 is 0. The molecule has 5 heteroatoms. The number of hydrogen-bond donors (Lipinski definition) is 2. The van der Waals surface area contributed by atoms with E-state index in [-0.39, 0.29) is 5.92 Å². The number of amides is 1. The van der Waals surface area contributed by atoms with Crippen LogP contribution in [0.15, 0.2) is 24.5 Å². The van der Waals surface area contributed by atoms with Crippen molar-refractivity contribution in [1.82, 2.24) is 10.3 Å². The Hall–Kier alpha value is -1.91. The highest BCUT2D eigenvalue weighted by Gasteiger charge is 2.38. The number of carbonyl (C=O) groups is 2. The first-order valence-corrected chi connectivity index (χ1v) is 5.34. The number of carboxylic acid groups (broad SMARTS) is 1. The Labute approximate surface area is 99.9 Å². The van der Waals surface area contributed by atoms with Crippen molar-refractivity contribution in [3.8, 4) is 0 Å². The maximum absolute atomic E-state index is 11.9. The smallest absolute Gasteiger partial charge is 0.329 e. The van der Waals surface area contributed by atoms with Gasteiger partial charge in [0.2, 0.25) is 0 Å². The molecule has 2 N–H and O–H groups in total. The third-order valence-electron chi connectivity index (χ3n) is 2.90. The first-order chi connectivity index (χ1) is 7.88. The largest absolute Gasteiger partial charge is 0.480 e. The molecule has 0 aromatic carbocycles. The van der Waals surface area contributed by atoms with Crippen molar-refractivity contribution < 1.29 is 14.7 Å². The Morgan fingerprint density at radius 3 is 2.53 bits per heavy atom. The lowest BCUT2D eigenvalue weighted by molar-refractivity contribution is -0.145. The zero-order chi connectivity index (χ0) is 13.1. The van der Waals surface area contributed by atoms with Gasteiger partial charge in [0.05, 0.1) is 5.56 Å². The zero-order valence-corrected chi connectivity index (χ0v) is 10.1. The maximum atomic E-state index is 11.9. The van der Waals surface area contributed by atoms with Crippen molar-refractivity contribution in [1.29, 1.82) is 0 Å². The molecule has 1 heterocycles. The fraction of sp³-hybridized carbons (Fsp3) is 0.417. The van der Waals surface area contributed by atoms with Gasteiger partial charge < -0.3 is 10.4 Å². The molecule has 0 spiro atoms. The number of nitrogens with one attached hydrogen (secondary N) is 1. The van der Waals surface area contributed by atoms with E-state index in [1.807, 2.05) is 0 Å². The van der Waals surface area contributed by atoms with Crippen LogP contribution in [0.4, 0.5) is 0 Å². The molecule has 92 valence electrons. The molecule has 1 amide bonds. The Kier molecular flexibility index (Phi) is 3.83. The summed E-state index contributed by atoms with van der Waals surface area (Å²) < 4.78 is 0. The van der Waals surface area contributed by atoms with E-state index in [1.165, 1.54) is 13.1 Å². The Balaban J connectivity index is 2.90. The average Bonchev–Trinajstić information content (AvgIpc) is 2.29. The minimum Gasteiger partial charge on any atom is -0.480 e. The van der Waals surface area contributed by atoms with E-state index in [1.54, 1.807) is 32.2 Å². The van der Waals surface area contributed by atoms with Gasteiger partial charge in [-0.15, -0.1) is 0 Å². The van der Waals surface area contributed by atoms with Gasteiger partial charge in [-0.25, -0.2) is 4.79 Å². The summed E-state index contributed by atoms with van der Waals surface area (Å²) in [6, 6.07) is 3.22. The average molecular weight is 236 g/mol. The highest BCUT2D eigenvalue weighted by atomic mass is 16.4. The number of rotatable bonds is 4. The zero-order valence-electron chi connectivity index (χ0n) is 10.1. The fourth-order valence-corrected chi connectivity index (χ4v) is 1.25. The van der Waals surface area contributed by atoms with Crippen LogP contribution in [0.5, 0.6) is 0 Å². The van der Waals surface area contributed by atoms with Gasteiger partial charge in [0.25, 0.3) is 5.91 Å². The summed E-state index contributed by atoms with van der Waals surface area (Å²) in [7, 11) is 0. The summed E-state index contributed by atoms with van der Waals surface area (Å²) in [5.41, 5.74) is -0.937. The maximum Gasteiger partial charge on any atom is 0.329 e. The van der Waals surface area contributed by atoms with Gasteiger partial charge in [0.1, 0.15) is 5.54 Å². The Morgan fingerprint density at radius 1 is 1.47 bits per heavy atom. The Morgan fingerprint density at radius 2 is 2.12 bits per heavy atom. The standard InChI is InChI=1S/C12H16N2O3/c1-8(2)12(3,11(16)17)14-10(15)9-5-4-6-13-7-9/h4-8H,1-3H3,(H,14,15)(H,16,17)/t12-/m1/s1. The molecule has 0 saturated heterocycles. The number of aromatic nitrogens is 1. The summed E-state index contributed by atoms with van der Waals surface area (Å²) in [4.78, 5) is 26.9. The third-order valence-corrected chi connectivity index (χ3v) is 2.90. The van der Waals surface area contributed by atoms with Crippen LogP contribution in [0.3, 0.4) is 0 Å². The second-order valence-electron chi connectivity index (χ2n) is 4.36. The second kappa shape index (κ2) is 4.95. The summed E-state index contributed by atoms with van der Waals surface area (Å²) in [5, 5.41) is 11.7. The first-order valence-electron chi connectivity index (χ1n) is 5.34. The molecule has 1 aromatic heterocycles. The normalized spacial score (nSPS) is 14.1. The highest BCUT2D eigenvalue weighted by molar-refractivity contribution is 5.97. The van der Waals surface area contributed by atoms with Crippen molar-refractivity contribution in [3.63, 3.8) is 0 Å². The van der Waals surface area contributed by atoms with Crippen molar-refractivity contribution in [2.24, 2.45) is 5.92 Å². The van der Waals surface area contributed by atoms with Crippen LogP contribution >= 0.6 is 0 Å². The molecule has 1 atom stereocenters. The van der Waals surface area contributed by atoms with E-state index in [2.05, 4.69) is 10.3 Å². The summed E-state index contributed by atoms with van der Waals surface area (Å²) in [6.07, 6.45) is 2.95. The molecule has 0 aliphatic heterocycles. The topological polar surface area (TPSA) is 79.3 Å². The van der Waals surface area contributed by atoms with Gasteiger partial charge in [0, 0.05) is 12.4 Å². The van der Waals surface area contributed by atoms with Crippen LogP contribution in [0, 0.1) is 5.92 Å². The molecule has 0 unspecified atom stereocenters. The molecule has 0 saturated carbocycles. The minimum absolute atomic E-state index is 0.222.